The van der Waals surface area contributed by atoms with Gasteiger partial charge in [0.25, 0.3) is 0 Å². The van der Waals surface area contributed by atoms with Gasteiger partial charge < -0.3 is 0 Å². The van der Waals surface area contributed by atoms with E-state index in [-0.39, 0.29) is 11.4 Å². The van der Waals surface area contributed by atoms with E-state index in [4.69, 9.17) is 29.0 Å². The minimum atomic E-state index is -0.583. The largest absolute Gasteiger partial charge is 0.271 e. The topological polar surface area (TPSA) is 38.0 Å². The molecule has 2 nitrogen and oxygen atoms in total. The van der Waals surface area contributed by atoms with Crippen LogP contribution in [0.2, 0.25) is 10.0 Å². The zero-order valence-corrected chi connectivity index (χ0v) is 11.8. The van der Waals surface area contributed by atoms with Crippen LogP contribution < -0.4 is 11.3 Å². The highest BCUT2D eigenvalue weighted by atomic mass is 35.5. The third-order valence-electron chi connectivity index (χ3n) is 2.97. The van der Waals surface area contributed by atoms with E-state index in [0.29, 0.717) is 16.1 Å². The summed E-state index contributed by atoms with van der Waals surface area (Å²) in [6.45, 7) is 0. The van der Waals surface area contributed by atoms with Crippen LogP contribution in [0.3, 0.4) is 0 Å². The average molecular weight is 317 g/mol. The number of halogens is 4. The van der Waals surface area contributed by atoms with Crippen LogP contribution in [-0.2, 0) is 6.42 Å². The Morgan fingerprint density at radius 2 is 1.65 bits per heavy atom. The molecule has 0 spiro atoms. The van der Waals surface area contributed by atoms with Crippen LogP contribution in [0.4, 0.5) is 8.78 Å². The lowest BCUT2D eigenvalue weighted by atomic mass is 9.98. The smallest absolute Gasteiger partial charge is 0.129 e. The van der Waals surface area contributed by atoms with E-state index in [2.05, 4.69) is 5.43 Å². The van der Waals surface area contributed by atoms with E-state index in [1.54, 1.807) is 6.07 Å². The van der Waals surface area contributed by atoms with Gasteiger partial charge in [-0.3, -0.25) is 11.3 Å². The number of rotatable bonds is 4. The first-order valence-electron chi connectivity index (χ1n) is 5.86. The molecule has 0 aromatic heterocycles. The molecule has 1 atom stereocenters. The Bertz CT molecular complexity index is 620. The van der Waals surface area contributed by atoms with Crippen LogP contribution in [0.5, 0.6) is 0 Å². The van der Waals surface area contributed by atoms with Gasteiger partial charge in [0.2, 0.25) is 0 Å². The summed E-state index contributed by atoms with van der Waals surface area (Å²) < 4.78 is 27.6. The number of benzene rings is 2. The lowest BCUT2D eigenvalue weighted by Crippen LogP contribution is -2.30. The molecule has 106 valence electrons. The Kier molecular flexibility index (Phi) is 4.94. The number of nitrogens with one attached hydrogen (secondary N) is 1. The SMILES string of the molecule is NNC(Cc1cc(Cl)ccc1F)c1ccc(Cl)cc1F. The molecular formula is C14H12Cl2F2N2. The summed E-state index contributed by atoms with van der Waals surface area (Å²) in [5, 5.41) is 0.699. The van der Waals surface area contributed by atoms with Crippen molar-refractivity contribution in [3.8, 4) is 0 Å². The van der Waals surface area contributed by atoms with Crippen molar-refractivity contribution in [1.82, 2.24) is 5.43 Å². The third kappa shape index (κ3) is 3.46. The van der Waals surface area contributed by atoms with Gasteiger partial charge in [-0.1, -0.05) is 29.3 Å². The van der Waals surface area contributed by atoms with E-state index in [0.717, 1.165) is 0 Å². The molecule has 0 heterocycles. The lowest BCUT2D eigenvalue weighted by molar-refractivity contribution is 0.499. The molecule has 3 N–H and O–H groups in total. The molecule has 1 unspecified atom stereocenters. The second-order valence-electron chi connectivity index (χ2n) is 4.32. The standard InChI is InChI=1S/C14H12Cl2F2N2/c15-9-2-4-12(17)8(5-9)6-14(20-19)11-3-1-10(16)7-13(11)18/h1-5,7,14,20H,6,19H2. The Hall–Kier alpha value is -1.20. The van der Waals surface area contributed by atoms with Gasteiger partial charge in [0.1, 0.15) is 11.6 Å². The van der Waals surface area contributed by atoms with Crippen LogP contribution in [0.15, 0.2) is 36.4 Å². The van der Waals surface area contributed by atoms with E-state index in [9.17, 15) is 8.78 Å². The summed E-state index contributed by atoms with van der Waals surface area (Å²) in [5.41, 5.74) is 3.15. The van der Waals surface area contributed by atoms with Crippen molar-refractivity contribution in [2.45, 2.75) is 12.5 Å². The Labute approximate surface area is 125 Å². The quantitative estimate of drug-likeness (QED) is 0.660. The van der Waals surface area contributed by atoms with Gasteiger partial charge in [-0.15, -0.1) is 0 Å². The van der Waals surface area contributed by atoms with Crippen molar-refractivity contribution >= 4 is 23.2 Å². The van der Waals surface area contributed by atoms with Crippen molar-refractivity contribution < 1.29 is 8.78 Å². The predicted octanol–water partition coefficient (Wildman–Crippen LogP) is 4.02. The minimum Gasteiger partial charge on any atom is -0.271 e. The van der Waals surface area contributed by atoms with Gasteiger partial charge in [-0.2, -0.15) is 0 Å². The summed E-state index contributed by atoms with van der Waals surface area (Å²) >= 11 is 11.5. The first-order valence-corrected chi connectivity index (χ1v) is 6.62. The van der Waals surface area contributed by atoms with Gasteiger partial charge in [0.05, 0.1) is 6.04 Å². The summed E-state index contributed by atoms with van der Waals surface area (Å²) in [4.78, 5) is 0. The molecule has 0 amide bonds. The maximum Gasteiger partial charge on any atom is 0.129 e. The highest BCUT2D eigenvalue weighted by Crippen LogP contribution is 2.25. The molecule has 0 bridgehead atoms. The molecule has 0 saturated carbocycles. The van der Waals surface area contributed by atoms with Crippen molar-refractivity contribution in [3.63, 3.8) is 0 Å². The van der Waals surface area contributed by atoms with Crippen LogP contribution in [0, 0.1) is 11.6 Å². The second kappa shape index (κ2) is 6.50. The third-order valence-corrected chi connectivity index (χ3v) is 3.44. The zero-order valence-electron chi connectivity index (χ0n) is 10.3. The van der Waals surface area contributed by atoms with Crippen molar-refractivity contribution in [3.05, 3.63) is 69.2 Å². The molecule has 0 aliphatic carbocycles. The Morgan fingerprint density at radius 1 is 1.00 bits per heavy atom. The van der Waals surface area contributed by atoms with Gasteiger partial charge in [0.15, 0.2) is 0 Å². The predicted molar refractivity (Wildman–Crippen MR) is 76.6 cm³/mol. The number of hydrogen-bond donors (Lipinski definition) is 2. The van der Waals surface area contributed by atoms with Crippen LogP contribution in [0.25, 0.3) is 0 Å². The van der Waals surface area contributed by atoms with E-state index in [1.165, 1.54) is 30.3 Å². The van der Waals surface area contributed by atoms with Crippen molar-refractivity contribution in [1.29, 1.82) is 0 Å². The maximum atomic E-state index is 13.9. The van der Waals surface area contributed by atoms with Crippen molar-refractivity contribution in [2.75, 3.05) is 0 Å². The fourth-order valence-electron chi connectivity index (χ4n) is 1.96. The fourth-order valence-corrected chi connectivity index (χ4v) is 2.32. The molecule has 2 aromatic rings. The molecule has 0 aliphatic heterocycles. The van der Waals surface area contributed by atoms with Crippen LogP contribution in [0.1, 0.15) is 17.2 Å². The molecule has 0 saturated heterocycles. The average Bonchev–Trinajstić information content (AvgIpc) is 2.40. The number of hydrazine groups is 1. The molecule has 0 aliphatic rings. The molecule has 20 heavy (non-hydrogen) atoms. The highest BCUT2D eigenvalue weighted by Gasteiger charge is 2.17. The normalized spacial score (nSPS) is 12.4. The first-order chi connectivity index (χ1) is 9.51. The van der Waals surface area contributed by atoms with Crippen molar-refractivity contribution in [2.24, 2.45) is 5.84 Å². The molecule has 0 fully saturated rings. The molecule has 0 radical (unpaired) electrons. The van der Waals surface area contributed by atoms with E-state index < -0.39 is 17.7 Å². The zero-order chi connectivity index (χ0) is 14.7. The van der Waals surface area contributed by atoms with Gasteiger partial charge in [-0.25, -0.2) is 8.78 Å². The molecular weight excluding hydrogens is 305 g/mol. The summed E-state index contributed by atoms with van der Waals surface area (Å²) in [5.74, 6) is 4.53. The molecule has 6 heteroatoms. The monoisotopic (exact) mass is 316 g/mol. The first kappa shape index (κ1) is 15.2. The fraction of sp³-hybridized carbons (Fsp3) is 0.143. The summed E-state index contributed by atoms with van der Waals surface area (Å²) in [7, 11) is 0. The summed E-state index contributed by atoms with van der Waals surface area (Å²) in [6, 6.07) is 7.89. The molecule has 2 aromatic carbocycles. The van der Waals surface area contributed by atoms with E-state index in [1.807, 2.05) is 0 Å². The minimum absolute atomic E-state index is 0.168. The van der Waals surface area contributed by atoms with Crippen LogP contribution in [-0.4, -0.2) is 0 Å². The number of nitrogens with two attached hydrogens (primary N) is 1. The van der Waals surface area contributed by atoms with Gasteiger partial charge >= 0.3 is 0 Å². The maximum absolute atomic E-state index is 13.9. The summed E-state index contributed by atoms with van der Waals surface area (Å²) in [6.07, 6.45) is 0.168. The second-order valence-corrected chi connectivity index (χ2v) is 5.20. The Balaban J connectivity index is 2.31. The highest BCUT2D eigenvalue weighted by molar-refractivity contribution is 6.30. The Morgan fingerprint density at radius 3 is 2.30 bits per heavy atom. The van der Waals surface area contributed by atoms with Gasteiger partial charge in [-0.05, 0) is 42.3 Å². The van der Waals surface area contributed by atoms with Gasteiger partial charge in [0, 0.05) is 15.6 Å². The van der Waals surface area contributed by atoms with Crippen LogP contribution >= 0.6 is 23.2 Å². The number of hydrogen-bond acceptors (Lipinski definition) is 2. The molecule has 2 rings (SSSR count). The van der Waals surface area contributed by atoms with E-state index >= 15 is 0 Å². The lowest BCUT2D eigenvalue weighted by Gasteiger charge is -2.18.